The number of anilines is 1. The molecule has 1 fully saturated rings. The molecular formula is C11H14N2O3. The maximum atomic E-state index is 10.8. The third kappa shape index (κ3) is 2.08. The van der Waals surface area contributed by atoms with Crippen LogP contribution in [-0.4, -0.2) is 36.3 Å². The number of carboxylic acid groups (broad SMARTS) is 1. The third-order valence-electron chi connectivity index (χ3n) is 2.83. The van der Waals surface area contributed by atoms with Gasteiger partial charge in [0.25, 0.3) is 0 Å². The van der Waals surface area contributed by atoms with Crippen LogP contribution in [0.1, 0.15) is 6.42 Å². The zero-order chi connectivity index (χ0) is 11.5. The van der Waals surface area contributed by atoms with Crippen LogP contribution in [0.25, 0.3) is 0 Å². The Morgan fingerprint density at radius 2 is 2.50 bits per heavy atom. The van der Waals surface area contributed by atoms with Gasteiger partial charge in [-0.15, -0.1) is 0 Å². The van der Waals surface area contributed by atoms with Crippen LogP contribution < -0.4 is 9.64 Å². The van der Waals surface area contributed by atoms with E-state index in [2.05, 4.69) is 4.98 Å². The molecule has 0 spiro atoms. The summed E-state index contributed by atoms with van der Waals surface area (Å²) >= 11 is 0. The first-order chi connectivity index (χ1) is 7.70. The zero-order valence-electron chi connectivity index (χ0n) is 9.09. The van der Waals surface area contributed by atoms with Crippen LogP contribution in [0.5, 0.6) is 5.88 Å². The van der Waals surface area contributed by atoms with Gasteiger partial charge in [-0.2, -0.15) is 0 Å². The lowest BCUT2D eigenvalue weighted by atomic mass is 10.1. The molecule has 0 unspecified atom stereocenters. The summed E-state index contributed by atoms with van der Waals surface area (Å²) in [5, 5.41) is 8.91. The standard InChI is InChI=1S/C11H14N2O3/c1-16-10-6-9(2-4-12-10)13-5-3-8(7-13)11(14)15/h2,4,6,8H,3,5,7H2,1H3,(H,14,15)/t8-/m1/s1. The number of rotatable bonds is 3. The lowest BCUT2D eigenvalue weighted by molar-refractivity contribution is -0.140. The molecule has 5 nitrogen and oxygen atoms in total. The van der Waals surface area contributed by atoms with E-state index in [9.17, 15) is 4.79 Å². The van der Waals surface area contributed by atoms with E-state index in [1.165, 1.54) is 0 Å². The van der Waals surface area contributed by atoms with Crippen molar-refractivity contribution in [1.82, 2.24) is 4.98 Å². The van der Waals surface area contributed by atoms with Gasteiger partial charge in [0, 0.05) is 31.0 Å². The number of hydrogen-bond acceptors (Lipinski definition) is 4. The van der Waals surface area contributed by atoms with Crippen LogP contribution in [0.3, 0.4) is 0 Å². The number of aromatic nitrogens is 1. The summed E-state index contributed by atoms with van der Waals surface area (Å²) in [6.07, 6.45) is 2.36. The second-order valence-electron chi connectivity index (χ2n) is 3.83. The SMILES string of the molecule is COc1cc(N2CC[C@@H](C(=O)O)C2)ccn1. The van der Waals surface area contributed by atoms with E-state index in [1.54, 1.807) is 13.3 Å². The summed E-state index contributed by atoms with van der Waals surface area (Å²) in [6.45, 7) is 1.33. The lowest BCUT2D eigenvalue weighted by Gasteiger charge is -2.18. The second-order valence-corrected chi connectivity index (χ2v) is 3.83. The highest BCUT2D eigenvalue weighted by Gasteiger charge is 2.28. The summed E-state index contributed by atoms with van der Waals surface area (Å²) in [5.74, 6) is -0.432. The molecular weight excluding hydrogens is 208 g/mol. The first kappa shape index (κ1) is 10.7. The topological polar surface area (TPSA) is 62.7 Å². The van der Waals surface area contributed by atoms with Crippen molar-refractivity contribution in [3.8, 4) is 5.88 Å². The molecule has 0 amide bonds. The minimum atomic E-state index is -0.719. The highest BCUT2D eigenvalue weighted by atomic mass is 16.5. The van der Waals surface area contributed by atoms with E-state index in [0.717, 1.165) is 12.2 Å². The second kappa shape index (κ2) is 4.38. The summed E-state index contributed by atoms with van der Waals surface area (Å²) in [7, 11) is 1.57. The Bertz CT molecular complexity index is 395. The van der Waals surface area contributed by atoms with Crippen LogP contribution in [-0.2, 0) is 4.79 Å². The van der Waals surface area contributed by atoms with Gasteiger partial charge in [0.2, 0.25) is 5.88 Å². The van der Waals surface area contributed by atoms with E-state index < -0.39 is 5.97 Å². The number of carbonyl (C=O) groups is 1. The Labute approximate surface area is 93.7 Å². The van der Waals surface area contributed by atoms with Gasteiger partial charge in [0.1, 0.15) is 0 Å². The van der Waals surface area contributed by atoms with Gasteiger partial charge >= 0.3 is 5.97 Å². The van der Waals surface area contributed by atoms with Gasteiger partial charge in [0.05, 0.1) is 13.0 Å². The number of pyridine rings is 1. The average Bonchev–Trinajstić information content (AvgIpc) is 2.78. The number of hydrogen-bond donors (Lipinski definition) is 1. The Morgan fingerprint density at radius 1 is 1.69 bits per heavy atom. The predicted octanol–water partition coefficient (Wildman–Crippen LogP) is 1.00. The molecule has 5 heteroatoms. The van der Waals surface area contributed by atoms with E-state index in [-0.39, 0.29) is 5.92 Å². The molecule has 1 saturated heterocycles. The molecule has 2 rings (SSSR count). The molecule has 1 aliphatic heterocycles. The van der Waals surface area contributed by atoms with Crippen molar-refractivity contribution in [2.75, 3.05) is 25.1 Å². The Morgan fingerprint density at radius 3 is 3.12 bits per heavy atom. The fraction of sp³-hybridized carbons (Fsp3) is 0.455. The average molecular weight is 222 g/mol. The molecule has 1 aromatic heterocycles. The van der Waals surface area contributed by atoms with E-state index in [1.807, 2.05) is 17.0 Å². The molecule has 86 valence electrons. The van der Waals surface area contributed by atoms with Crippen LogP contribution >= 0.6 is 0 Å². The van der Waals surface area contributed by atoms with Crippen molar-refractivity contribution in [2.45, 2.75) is 6.42 Å². The maximum absolute atomic E-state index is 10.8. The maximum Gasteiger partial charge on any atom is 0.308 e. The Balaban J connectivity index is 2.11. The van der Waals surface area contributed by atoms with Gasteiger partial charge in [-0.1, -0.05) is 0 Å². The number of nitrogens with zero attached hydrogens (tertiary/aromatic N) is 2. The number of methoxy groups -OCH3 is 1. The molecule has 0 aromatic carbocycles. The predicted molar refractivity (Wildman–Crippen MR) is 58.7 cm³/mol. The number of carboxylic acids is 1. The highest BCUT2D eigenvalue weighted by molar-refractivity contribution is 5.72. The summed E-state index contributed by atoms with van der Waals surface area (Å²) in [6, 6.07) is 3.69. The fourth-order valence-corrected chi connectivity index (χ4v) is 1.90. The van der Waals surface area contributed by atoms with Gasteiger partial charge in [0.15, 0.2) is 0 Å². The minimum Gasteiger partial charge on any atom is -0.481 e. The smallest absolute Gasteiger partial charge is 0.308 e. The van der Waals surface area contributed by atoms with Gasteiger partial charge < -0.3 is 14.7 Å². The molecule has 16 heavy (non-hydrogen) atoms. The molecule has 0 aliphatic carbocycles. The van der Waals surface area contributed by atoms with Crippen LogP contribution in [0.4, 0.5) is 5.69 Å². The molecule has 1 aliphatic rings. The van der Waals surface area contributed by atoms with Crippen molar-refractivity contribution in [3.63, 3.8) is 0 Å². The van der Waals surface area contributed by atoms with Crippen molar-refractivity contribution < 1.29 is 14.6 Å². The molecule has 1 atom stereocenters. The van der Waals surface area contributed by atoms with Crippen molar-refractivity contribution in [1.29, 1.82) is 0 Å². The van der Waals surface area contributed by atoms with Gasteiger partial charge in [-0.05, 0) is 12.5 Å². The van der Waals surface area contributed by atoms with Crippen LogP contribution in [0, 0.1) is 5.92 Å². The summed E-state index contributed by atoms with van der Waals surface area (Å²) < 4.78 is 5.03. The van der Waals surface area contributed by atoms with Gasteiger partial charge in [-0.25, -0.2) is 4.98 Å². The number of ether oxygens (including phenoxy) is 1. The normalized spacial score (nSPS) is 19.8. The third-order valence-corrected chi connectivity index (χ3v) is 2.83. The van der Waals surface area contributed by atoms with E-state index in [0.29, 0.717) is 18.8 Å². The van der Waals surface area contributed by atoms with Crippen molar-refractivity contribution in [3.05, 3.63) is 18.3 Å². The largest absolute Gasteiger partial charge is 0.481 e. The summed E-state index contributed by atoms with van der Waals surface area (Å²) in [5.41, 5.74) is 0.968. The van der Waals surface area contributed by atoms with Crippen LogP contribution in [0.2, 0.25) is 0 Å². The number of aliphatic carboxylic acids is 1. The monoisotopic (exact) mass is 222 g/mol. The van der Waals surface area contributed by atoms with Crippen LogP contribution in [0.15, 0.2) is 18.3 Å². The molecule has 0 saturated carbocycles. The van der Waals surface area contributed by atoms with Gasteiger partial charge in [-0.3, -0.25) is 4.79 Å². The molecule has 0 radical (unpaired) electrons. The van der Waals surface area contributed by atoms with Crippen molar-refractivity contribution >= 4 is 11.7 Å². The molecule has 2 heterocycles. The highest BCUT2D eigenvalue weighted by Crippen LogP contribution is 2.25. The first-order valence-electron chi connectivity index (χ1n) is 5.18. The Hall–Kier alpha value is -1.78. The first-order valence-corrected chi connectivity index (χ1v) is 5.18. The minimum absolute atomic E-state index is 0.265. The Kier molecular flexibility index (Phi) is 2.94. The molecule has 0 bridgehead atoms. The van der Waals surface area contributed by atoms with E-state index in [4.69, 9.17) is 9.84 Å². The fourth-order valence-electron chi connectivity index (χ4n) is 1.90. The molecule has 1 N–H and O–H groups in total. The zero-order valence-corrected chi connectivity index (χ0v) is 9.09. The lowest BCUT2D eigenvalue weighted by Crippen LogP contribution is -2.22. The van der Waals surface area contributed by atoms with Crippen molar-refractivity contribution in [2.24, 2.45) is 5.92 Å². The quantitative estimate of drug-likeness (QED) is 0.826. The molecule has 1 aromatic rings. The summed E-state index contributed by atoms with van der Waals surface area (Å²) in [4.78, 5) is 16.9. The van der Waals surface area contributed by atoms with E-state index >= 15 is 0 Å².